The lowest BCUT2D eigenvalue weighted by Crippen LogP contribution is -2.20. The number of benzene rings is 2. The second-order valence-corrected chi connectivity index (χ2v) is 5.77. The van der Waals surface area contributed by atoms with Crippen molar-refractivity contribution >= 4 is 50.7 Å². The van der Waals surface area contributed by atoms with Gasteiger partial charge in [0.15, 0.2) is 6.61 Å². The van der Waals surface area contributed by atoms with Gasteiger partial charge in [-0.05, 0) is 36.4 Å². The zero-order valence-electron chi connectivity index (χ0n) is 10.5. The summed E-state index contributed by atoms with van der Waals surface area (Å²) in [5.41, 5.74) is 0.471. The summed E-state index contributed by atoms with van der Waals surface area (Å²) in [7, 11) is 0. The van der Waals surface area contributed by atoms with Crippen LogP contribution in [0.25, 0.3) is 0 Å². The SMILES string of the molecule is O=C(COc1ccc(F)cc1Cl)Nc1ccc(Br)cc1Cl. The summed E-state index contributed by atoms with van der Waals surface area (Å²) in [6.07, 6.45) is 0. The lowest BCUT2D eigenvalue weighted by molar-refractivity contribution is -0.118. The van der Waals surface area contributed by atoms with E-state index in [0.717, 1.165) is 10.5 Å². The smallest absolute Gasteiger partial charge is 0.262 e. The molecule has 2 aromatic carbocycles. The standard InChI is InChI=1S/C14H9BrCl2FNO2/c15-8-1-3-12(10(16)5-8)19-14(20)7-21-13-4-2-9(18)6-11(13)17/h1-6H,7H2,(H,19,20). The molecular formula is C14H9BrCl2FNO2. The molecule has 2 aromatic rings. The molecule has 0 spiro atoms. The molecule has 1 amide bonds. The average Bonchev–Trinajstić information content (AvgIpc) is 2.41. The number of rotatable bonds is 4. The van der Waals surface area contributed by atoms with Gasteiger partial charge in [0.25, 0.3) is 5.91 Å². The molecule has 0 saturated carbocycles. The summed E-state index contributed by atoms with van der Waals surface area (Å²) >= 11 is 15.0. The van der Waals surface area contributed by atoms with E-state index < -0.39 is 11.7 Å². The molecule has 0 bridgehead atoms. The number of ether oxygens (including phenoxy) is 1. The number of carbonyl (C=O) groups is 1. The molecule has 21 heavy (non-hydrogen) atoms. The van der Waals surface area contributed by atoms with Crippen LogP contribution in [0.15, 0.2) is 40.9 Å². The zero-order chi connectivity index (χ0) is 15.4. The summed E-state index contributed by atoms with van der Waals surface area (Å²) in [5, 5.41) is 3.11. The van der Waals surface area contributed by atoms with Crippen molar-refractivity contribution in [3.8, 4) is 5.75 Å². The third kappa shape index (κ3) is 4.59. The van der Waals surface area contributed by atoms with E-state index in [4.69, 9.17) is 27.9 Å². The third-order valence-electron chi connectivity index (χ3n) is 2.46. The Morgan fingerprint density at radius 3 is 2.62 bits per heavy atom. The summed E-state index contributed by atoms with van der Waals surface area (Å²) < 4.78 is 18.9. The minimum atomic E-state index is -0.474. The molecule has 0 unspecified atom stereocenters. The Bertz CT molecular complexity index is 682. The van der Waals surface area contributed by atoms with Crippen LogP contribution in [0.3, 0.4) is 0 Å². The van der Waals surface area contributed by atoms with Gasteiger partial charge in [0.1, 0.15) is 11.6 Å². The van der Waals surface area contributed by atoms with E-state index in [1.165, 1.54) is 12.1 Å². The number of nitrogens with one attached hydrogen (secondary N) is 1. The second-order valence-electron chi connectivity index (χ2n) is 4.04. The molecule has 0 saturated heterocycles. The highest BCUT2D eigenvalue weighted by Gasteiger charge is 2.09. The monoisotopic (exact) mass is 391 g/mol. The van der Waals surface area contributed by atoms with Crippen LogP contribution in [0.4, 0.5) is 10.1 Å². The fourth-order valence-corrected chi connectivity index (χ4v) is 2.46. The molecular weight excluding hydrogens is 384 g/mol. The molecule has 0 atom stereocenters. The molecule has 0 heterocycles. The summed E-state index contributed by atoms with van der Waals surface area (Å²) in [4.78, 5) is 11.8. The number of carbonyl (C=O) groups excluding carboxylic acids is 1. The molecule has 0 aliphatic carbocycles. The van der Waals surface area contributed by atoms with E-state index in [1.807, 2.05) is 0 Å². The Hall–Kier alpha value is -1.30. The predicted molar refractivity (Wildman–Crippen MR) is 84.7 cm³/mol. The maximum Gasteiger partial charge on any atom is 0.262 e. The first kappa shape index (κ1) is 16.1. The van der Waals surface area contributed by atoms with Crippen LogP contribution < -0.4 is 10.1 Å². The average molecular weight is 393 g/mol. The van der Waals surface area contributed by atoms with Crippen molar-refractivity contribution in [1.29, 1.82) is 0 Å². The third-order valence-corrected chi connectivity index (χ3v) is 3.56. The van der Waals surface area contributed by atoms with Crippen molar-refractivity contribution in [2.45, 2.75) is 0 Å². The lowest BCUT2D eigenvalue weighted by Gasteiger charge is -2.10. The lowest BCUT2D eigenvalue weighted by atomic mass is 10.3. The largest absolute Gasteiger partial charge is 0.482 e. The van der Waals surface area contributed by atoms with Crippen LogP contribution in [0.1, 0.15) is 0 Å². The quantitative estimate of drug-likeness (QED) is 0.802. The van der Waals surface area contributed by atoms with Crippen LogP contribution in [-0.2, 0) is 4.79 Å². The molecule has 0 radical (unpaired) electrons. The summed E-state index contributed by atoms with van der Waals surface area (Å²) in [6.45, 7) is -0.266. The highest BCUT2D eigenvalue weighted by Crippen LogP contribution is 2.26. The van der Waals surface area contributed by atoms with Crippen molar-refractivity contribution in [3.05, 3.63) is 56.7 Å². The maximum absolute atomic E-state index is 12.9. The fourth-order valence-electron chi connectivity index (χ4n) is 1.51. The number of anilines is 1. The van der Waals surface area contributed by atoms with Gasteiger partial charge in [0, 0.05) is 4.47 Å². The van der Waals surface area contributed by atoms with Crippen LogP contribution in [0.5, 0.6) is 5.75 Å². The molecule has 0 aliphatic rings. The normalized spacial score (nSPS) is 10.3. The minimum absolute atomic E-state index is 0.101. The first-order valence-corrected chi connectivity index (χ1v) is 7.33. The Balaban J connectivity index is 1.96. The van der Waals surface area contributed by atoms with E-state index in [9.17, 15) is 9.18 Å². The van der Waals surface area contributed by atoms with Crippen molar-refractivity contribution in [3.63, 3.8) is 0 Å². The molecule has 1 N–H and O–H groups in total. The molecule has 0 aliphatic heterocycles. The molecule has 7 heteroatoms. The maximum atomic E-state index is 12.9. The van der Waals surface area contributed by atoms with E-state index in [-0.39, 0.29) is 17.4 Å². The van der Waals surface area contributed by atoms with Gasteiger partial charge in [-0.3, -0.25) is 4.79 Å². The van der Waals surface area contributed by atoms with Gasteiger partial charge < -0.3 is 10.1 Å². The van der Waals surface area contributed by atoms with Crippen LogP contribution in [-0.4, -0.2) is 12.5 Å². The molecule has 0 fully saturated rings. The molecule has 110 valence electrons. The second kappa shape index (κ2) is 7.11. The van der Waals surface area contributed by atoms with Crippen LogP contribution >= 0.6 is 39.1 Å². The van der Waals surface area contributed by atoms with E-state index in [2.05, 4.69) is 21.2 Å². The van der Waals surface area contributed by atoms with Crippen molar-refractivity contribution in [1.82, 2.24) is 0 Å². The Labute approximate surface area is 139 Å². The predicted octanol–water partition coefficient (Wildman–Crippen LogP) is 4.91. The molecule has 2 rings (SSSR count). The zero-order valence-corrected chi connectivity index (χ0v) is 13.6. The Kier molecular flexibility index (Phi) is 5.45. The Morgan fingerprint density at radius 1 is 1.19 bits per heavy atom. The Morgan fingerprint density at radius 2 is 1.95 bits per heavy atom. The number of amides is 1. The molecule has 0 aromatic heterocycles. The number of halogens is 4. The number of hydrogen-bond acceptors (Lipinski definition) is 2. The summed E-state index contributed by atoms with van der Waals surface area (Å²) in [6, 6.07) is 8.74. The van der Waals surface area contributed by atoms with Crippen LogP contribution in [0, 0.1) is 5.82 Å². The van der Waals surface area contributed by atoms with Crippen LogP contribution in [0.2, 0.25) is 10.0 Å². The van der Waals surface area contributed by atoms with Crippen molar-refractivity contribution < 1.29 is 13.9 Å². The van der Waals surface area contributed by atoms with Gasteiger partial charge in [-0.2, -0.15) is 0 Å². The van der Waals surface area contributed by atoms with E-state index >= 15 is 0 Å². The van der Waals surface area contributed by atoms with Crippen molar-refractivity contribution in [2.75, 3.05) is 11.9 Å². The van der Waals surface area contributed by atoms with E-state index in [1.54, 1.807) is 18.2 Å². The summed E-state index contributed by atoms with van der Waals surface area (Å²) in [5.74, 6) is -0.645. The fraction of sp³-hybridized carbons (Fsp3) is 0.0714. The first-order valence-electron chi connectivity index (χ1n) is 5.78. The van der Waals surface area contributed by atoms with Gasteiger partial charge in [0.05, 0.1) is 15.7 Å². The topological polar surface area (TPSA) is 38.3 Å². The van der Waals surface area contributed by atoms with Gasteiger partial charge in [-0.15, -0.1) is 0 Å². The van der Waals surface area contributed by atoms with Crippen molar-refractivity contribution in [2.24, 2.45) is 0 Å². The van der Waals surface area contributed by atoms with Gasteiger partial charge in [-0.1, -0.05) is 39.1 Å². The number of hydrogen-bond donors (Lipinski definition) is 1. The van der Waals surface area contributed by atoms with Gasteiger partial charge >= 0.3 is 0 Å². The van der Waals surface area contributed by atoms with E-state index in [0.29, 0.717) is 10.7 Å². The highest BCUT2D eigenvalue weighted by molar-refractivity contribution is 9.10. The van der Waals surface area contributed by atoms with Gasteiger partial charge in [-0.25, -0.2) is 4.39 Å². The highest BCUT2D eigenvalue weighted by atomic mass is 79.9. The first-order chi connectivity index (χ1) is 9.95. The van der Waals surface area contributed by atoms with Gasteiger partial charge in [0.2, 0.25) is 0 Å². The molecule has 3 nitrogen and oxygen atoms in total. The minimum Gasteiger partial charge on any atom is -0.482 e.